The number of nitrogens with zero attached hydrogens (tertiary/aromatic N) is 2. The lowest BCUT2D eigenvalue weighted by molar-refractivity contribution is -0.165. The molecule has 1 aromatic carbocycles. The SMILES string of the molecule is Cc1cccc2c(=O)n(CC(=O)OC(C)C(=O)C34CC5CC(CC(C5)C3)C4)cnc12. The van der Waals surface area contributed by atoms with Crippen molar-refractivity contribution in [2.24, 2.45) is 23.2 Å². The predicted molar refractivity (Wildman–Crippen MR) is 112 cm³/mol. The second kappa shape index (κ2) is 7.03. The standard InChI is InChI=1S/C24H28N2O4/c1-14-4-3-5-19-21(14)25-13-26(23(19)29)12-20(27)30-15(2)22(28)24-9-16-6-17(10-24)8-18(7-16)11-24/h3-5,13,15-18H,6-12H2,1-2H3. The summed E-state index contributed by atoms with van der Waals surface area (Å²) in [6, 6.07) is 5.40. The molecule has 4 bridgehead atoms. The number of hydrogen-bond donors (Lipinski definition) is 0. The van der Waals surface area contributed by atoms with Crippen molar-refractivity contribution in [3.63, 3.8) is 0 Å². The number of ketones is 1. The van der Waals surface area contributed by atoms with Crippen molar-refractivity contribution in [3.05, 3.63) is 40.4 Å². The average Bonchev–Trinajstić information content (AvgIpc) is 2.69. The number of rotatable bonds is 5. The Kier molecular flexibility index (Phi) is 4.56. The maximum Gasteiger partial charge on any atom is 0.326 e. The van der Waals surface area contributed by atoms with Crippen LogP contribution in [0.25, 0.3) is 10.9 Å². The molecule has 1 unspecified atom stereocenters. The van der Waals surface area contributed by atoms with E-state index >= 15 is 0 Å². The Morgan fingerprint density at radius 3 is 2.43 bits per heavy atom. The molecule has 0 N–H and O–H groups in total. The summed E-state index contributed by atoms with van der Waals surface area (Å²) >= 11 is 0. The summed E-state index contributed by atoms with van der Waals surface area (Å²) in [5, 5.41) is 0.475. The van der Waals surface area contributed by atoms with Gasteiger partial charge in [0.2, 0.25) is 0 Å². The van der Waals surface area contributed by atoms with Gasteiger partial charge >= 0.3 is 5.97 Å². The fourth-order valence-corrected chi connectivity index (χ4v) is 6.72. The number of benzene rings is 1. The number of aryl methyl sites for hydroxylation is 1. The van der Waals surface area contributed by atoms with Gasteiger partial charge in [-0.15, -0.1) is 0 Å². The fourth-order valence-electron chi connectivity index (χ4n) is 6.72. The maximum atomic E-state index is 13.3. The Morgan fingerprint density at radius 2 is 1.80 bits per heavy atom. The Morgan fingerprint density at radius 1 is 1.17 bits per heavy atom. The maximum absolute atomic E-state index is 13.3. The quantitative estimate of drug-likeness (QED) is 0.709. The van der Waals surface area contributed by atoms with Gasteiger partial charge in [-0.2, -0.15) is 0 Å². The summed E-state index contributed by atoms with van der Waals surface area (Å²) in [6.45, 7) is 3.34. The van der Waals surface area contributed by atoms with Gasteiger partial charge in [0.1, 0.15) is 6.54 Å². The van der Waals surface area contributed by atoms with Crippen molar-refractivity contribution in [1.29, 1.82) is 0 Å². The van der Waals surface area contributed by atoms with Crippen molar-refractivity contribution in [2.45, 2.75) is 65.0 Å². The van der Waals surface area contributed by atoms with Gasteiger partial charge in [-0.25, -0.2) is 4.98 Å². The third-order valence-electron chi connectivity index (χ3n) is 7.59. The molecule has 30 heavy (non-hydrogen) atoms. The van der Waals surface area contributed by atoms with Gasteiger partial charge in [-0.1, -0.05) is 12.1 Å². The highest BCUT2D eigenvalue weighted by atomic mass is 16.5. The van der Waals surface area contributed by atoms with Crippen LogP contribution in [0.4, 0.5) is 0 Å². The zero-order chi connectivity index (χ0) is 21.0. The first-order valence-electron chi connectivity index (χ1n) is 11.0. The summed E-state index contributed by atoms with van der Waals surface area (Å²) < 4.78 is 6.78. The number of aromatic nitrogens is 2. The van der Waals surface area contributed by atoms with Gasteiger partial charge in [0.25, 0.3) is 5.56 Å². The van der Waals surface area contributed by atoms with Crippen molar-refractivity contribution < 1.29 is 14.3 Å². The molecule has 4 aliphatic carbocycles. The van der Waals surface area contributed by atoms with E-state index in [1.54, 1.807) is 19.1 Å². The molecule has 1 aromatic heterocycles. The van der Waals surface area contributed by atoms with E-state index < -0.39 is 12.1 Å². The zero-order valence-corrected chi connectivity index (χ0v) is 17.6. The Hall–Kier alpha value is -2.50. The molecular formula is C24H28N2O4. The molecule has 6 nitrogen and oxygen atoms in total. The molecule has 4 saturated carbocycles. The minimum Gasteiger partial charge on any atom is -0.453 e. The number of carbonyl (C=O) groups excluding carboxylic acids is 2. The van der Waals surface area contributed by atoms with Crippen molar-refractivity contribution >= 4 is 22.7 Å². The second-order valence-electron chi connectivity index (χ2n) is 9.84. The van der Waals surface area contributed by atoms with E-state index in [1.807, 2.05) is 13.0 Å². The highest BCUT2D eigenvalue weighted by molar-refractivity contribution is 5.90. The third kappa shape index (κ3) is 3.17. The van der Waals surface area contributed by atoms with Crippen LogP contribution >= 0.6 is 0 Å². The molecule has 0 saturated heterocycles. The molecule has 0 radical (unpaired) electrons. The predicted octanol–water partition coefficient (Wildman–Crippen LogP) is 3.42. The number of hydrogen-bond acceptors (Lipinski definition) is 5. The van der Waals surface area contributed by atoms with Crippen LogP contribution < -0.4 is 5.56 Å². The van der Waals surface area contributed by atoms with E-state index in [4.69, 9.17) is 4.74 Å². The van der Waals surface area contributed by atoms with Crippen LogP contribution in [0.3, 0.4) is 0 Å². The molecule has 6 heteroatoms. The molecule has 4 aliphatic rings. The number of fused-ring (bicyclic) bond motifs is 1. The van der Waals surface area contributed by atoms with Gasteiger partial charge in [0, 0.05) is 5.41 Å². The van der Waals surface area contributed by atoms with Crippen LogP contribution in [-0.2, 0) is 20.9 Å². The van der Waals surface area contributed by atoms with Crippen LogP contribution in [0.2, 0.25) is 0 Å². The normalized spacial score (nSPS) is 30.4. The van der Waals surface area contributed by atoms with Gasteiger partial charge in [0.15, 0.2) is 11.9 Å². The minimum absolute atomic E-state index is 0.0783. The van der Waals surface area contributed by atoms with E-state index in [9.17, 15) is 14.4 Å². The van der Waals surface area contributed by atoms with Crippen LogP contribution in [0.15, 0.2) is 29.3 Å². The van der Waals surface area contributed by atoms with Crippen LogP contribution in [-0.4, -0.2) is 27.4 Å². The summed E-state index contributed by atoms with van der Waals surface area (Å²) in [7, 11) is 0. The highest BCUT2D eigenvalue weighted by Crippen LogP contribution is 2.60. The van der Waals surface area contributed by atoms with Crippen molar-refractivity contribution in [2.75, 3.05) is 0 Å². The van der Waals surface area contributed by atoms with E-state index in [1.165, 1.54) is 30.2 Å². The third-order valence-corrected chi connectivity index (χ3v) is 7.59. The number of carbonyl (C=O) groups is 2. The topological polar surface area (TPSA) is 78.3 Å². The first-order valence-corrected chi connectivity index (χ1v) is 11.0. The molecule has 1 atom stereocenters. The Labute approximate surface area is 175 Å². The molecular weight excluding hydrogens is 380 g/mol. The molecule has 0 amide bonds. The zero-order valence-electron chi connectivity index (χ0n) is 17.6. The minimum atomic E-state index is -0.778. The molecule has 4 fully saturated rings. The second-order valence-corrected chi connectivity index (χ2v) is 9.84. The monoisotopic (exact) mass is 408 g/mol. The summed E-state index contributed by atoms with van der Waals surface area (Å²) in [5.74, 6) is 1.49. The first kappa shape index (κ1) is 19.5. The van der Waals surface area contributed by atoms with E-state index in [0.29, 0.717) is 28.7 Å². The smallest absolute Gasteiger partial charge is 0.326 e. The molecule has 6 rings (SSSR count). The van der Waals surface area contributed by atoms with Gasteiger partial charge < -0.3 is 4.74 Å². The molecule has 158 valence electrons. The van der Waals surface area contributed by atoms with Crippen molar-refractivity contribution in [3.8, 4) is 0 Å². The lowest BCUT2D eigenvalue weighted by atomic mass is 9.48. The Bertz CT molecular complexity index is 1050. The van der Waals surface area contributed by atoms with Gasteiger partial charge in [-0.05, 0) is 81.8 Å². The summed E-state index contributed by atoms with van der Waals surface area (Å²) in [4.78, 5) is 42.9. The van der Waals surface area contributed by atoms with Crippen LogP contribution in [0, 0.1) is 30.1 Å². The van der Waals surface area contributed by atoms with E-state index in [-0.39, 0.29) is 23.3 Å². The van der Waals surface area contributed by atoms with E-state index in [0.717, 1.165) is 24.8 Å². The Balaban J connectivity index is 1.29. The van der Waals surface area contributed by atoms with Crippen LogP contribution in [0.1, 0.15) is 51.0 Å². The van der Waals surface area contributed by atoms with Gasteiger partial charge in [0.05, 0.1) is 17.2 Å². The summed E-state index contributed by atoms with van der Waals surface area (Å²) in [6.07, 6.45) is 7.24. The number of para-hydroxylation sites is 1. The molecule has 0 spiro atoms. The average molecular weight is 408 g/mol. The molecule has 2 aromatic rings. The number of esters is 1. The number of Topliss-reactive ketones (excluding diaryl/α,β-unsaturated/α-hetero) is 1. The summed E-state index contributed by atoms with van der Waals surface area (Å²) in [5.41, 5.74) is 0.972. The van der Waals surface area contributed by atoms with Crippen LogP contribution in [0.5, 0.6) is 0 Å². The molecule has 0 aliphatic heterocycles. The molecule has 1 heterocycles. The van der Waals surface area contributed by atoms with E-state index in [2.05, 4.69) is 4.98 Å². The van der Waals surface area contributed by atoms with Gasteiger partial charge in [-0.3, -0.25) is 19.0 Å². The number of ether oxygens (including phenoxy) is 1. The highest BCUT2D eigenvalue weighted by Gasteiger charge is 2.55. The lowest BCUT2D eigenvalue weighted by Gasteiger charge is -2.56. The lowest BCUT2D eigenvalue weighted by Crippen LogP contribution is -2.52. The van der Waals surface area contributed by atoms with Crippen molar-refractivity contribution in [1.82, 2.24) is 9.55 Å². The first-order chi connectivity index (χ1) is 14.3. The fraction of sp³-hybridized carbons (Fsp3) is 0.583. The largest absolute Gasteiger partial charge is 0.453 e.